The predicted molar refractivity (Wildman–Crippen MR) is 70.2 cm³/mol. The molecule has 0 fully saturated rings. The Balaban J connectivity index is 2.44. The molecule has 0 saturated heterocycles. The van der Waals surface area contributed by atoms with Crippen LogP contribution in [0.4, 0.5) is 0 Å². The van der Waals surface area contributed by atoms with Gasteiger partial charge in [0.1, 0.15) is 0 Å². The Morgan fingerprint density at radius 3 is 2.17 bits per heavy atom. The van der Waals surface area contributed by atoms with E-state index in [-0.39, 0.29) is 0 Å². The molecule has 0 atom stereocenters. The highest BCUT2D eigenvalue weighted by Gasteiger charge is 2.19. The summed E-state index contributed by atoms with van der Waals surface area (Å²) in [5.41, 5.74) is 0. The number of rotatable bonds is 0. The summed E-state index contributed by atoms with van der Waals surface area (Å²) in [6.45, 7) is 0. The number of thioether (sulfide) groups is 3. The Morgan fingerprint density at radius 2 is 1.67 bits per heavy atom. The van der Waals surface area contributed by atoms with Gasteiger partial charge in [0.25, 0.3) is 0 Å². The van der Waals surface area contributed by atoms with E-state index in [4.69, 9.17) is 22.4 Å². The molecule has 0 radical (unpaired) electrons. The zero-order chi connectivity index (χ0) is 8.60. The molecule has 0 aromatic carbocycles. The van der Waals surface area contributed by atoms with E-state index in [9.17, 15) is 0 Å². The zero-order valence-corrected chi connectivity index (χ0v) is 10.7. The Kier molecular flexibility index (Phi) is 2.94. The lowest BCUT2D eigenvalue weighted by Gasteiger charge is -2.04. The molecule has 0 aromatic rings. The van der Waals surface area contributed by atoms with Crippen LogP contribution in [0.5, 0.6) is 0 Å². The van der Waals surface area contributed by atoms with Crippen molar-refractivity contribution in [2.24, 2.45) is 0 Å². The van der Waals surface area contributed by atoms with Crippen molar-refractivity contribution in [3.05, 3.63) is 30.1 Å². The van der Waals surface area contributed by atoms with Crippen LogP contribution in [0.15, 0.2) is 30.1 Å². The van der Waals surface area contributed by atoms with Gasteiger partial charge in [0.2, 0.25) is 0 Å². The van der Waals surface area contributed by atoms with Gasteiger partial charge in [-0.15, -0.1) is 0 Å². The van der Waals surface area contributed by atoms with Crippen molar-refractivity contribution in [2.45, 2.75) is 0 Å². The van der Waals surface area contributed by atoms with E-state index in [0.717, 1.165) is 0 Å². The summed E-state index contributed by atoms with van der Waals surface area (Å²) in [5.74, 6) is 0. The molecular weight excluding hydrogens is 264 g/mol. The van der Waals surface area contributed by atoms with Crippen molar-refractivity contribution in [1.29, 1.82) is 0 Å². The Hall–Kier alpha value is 1.06. The maximum absolute atomic E-state index is 5.34. The molecule has 0 nitrogen and oxygen atoms in total. The minimum atomic E-state index is -1.42. The van der Waals surface area contributed by atoms with Gasteiger partial charge in [0.05, 0.1) is 8.47 Å². The van der Waals surface area contributed by atoms with E-state index in [0.29, 0.717) is 0 Å². The van der Waals surface area contributed by atoms with Gasteiger partial charge in [-0.2, -0.15) is 0 Å². The summed E-state index contributed by atoms with van der Waals surface area (Å²) in [6.07, 6.45) is 0. The minimum Gasteiger partial charge on any atom is -0.0884 e. The Labute approximate surface area is 94.1 Å². The standard InChI is InChI=1S/C6H4S6/c7-12(8)4-3-11-6(12)5-9-1-2-10-5/h1-4H. The first-order valence-electron chi connectivity index (χ1n) is 3.01. The third-order valence-electron chi connectivity index (χ3n) is 1.24. The fourth-order valence-electron chi connectivity index (χ4n) is 0.759. The van der Waals surface area contributed by atoms with Gasteiger partial charge in [0.15, 0.2) is 0 Å². The lowest BCUT2D eigenvalue weighted by Crippen LogP contribution is -1.87. The smallest absolute Gasteiger partial charge is 0.0774 e. The first-order chi connectivity index (χ1) is 5.70. The second-order valence-corrected chi connectivity index (χ2v) is 10.8. The molecule has 2 aliphatic rings. The molecule has 0 bridgehead atoms. The van der Waals surface area contributed by atoms with Gasteiger partial charge >= 0.3 is 0 Å². The lowest BCUT2D eigenvalue weighted by molar-refractivity contribution is 2.37. The lowest BCUT2D eigenvalue weighted by atomic mass is 11.2. The third kappa shape index (κ3) is 1.78. The summed E-state index contributed by atoms with van der Waals surface area (Å²) in [4.78, 5) is 0. The highest BCUT2D eigenvalue weighted by Crippen LogP contribution is 2.47. The van der Waals surface area contributed by atoms with Crippen LogP contribution in [-0.2, 0) is 29.5 Å². The zero-order valence-electron chi connectivity index (χ0n) is 5.76. The van der Waals surface area contributed by atoms with Crippen molar-refractivity contribution in [3.63, 3.8) is 0 Å². The average Bonchev–Trinajstić information content (AvgIpc) is 2.55. The Morgan fingerprint density at radius 1 is 1.00 bits per heavy atom. The van der Waals surface area contributed by atoms with Crippen LogP contribution in [0.2, 0.25) is 0 Å². The summed E-state index contributed by atoms with van der Waals surface area (Å²) < 4.78 is 2.50. The normalized spacial score (nSPS) is 25.7. The molecule has 0 aromatic heterocycles. The van der Waals surface area contributed by atoms with Gasteiger partial charge < -0.3 is 0 Å². The molecule has 64 valence electrons. The van der Waals surface area contributed by atoms with Crippen LogP contribution in [0.25, 0.3) is 0 Å². The van der Waals surface area contributed by atoms with E-state index in [1.54, 1.807) is 35.3 Å². The minimum absolute atomic E-state index is 1.22. The van der Waals surface area contributed by atoms with Crippen LogP contribution in [0.1, 0.15) is 0 Å². The predicted octanol–water partition coefficient (Wildman–Crippen LogP) is 3.36. The van der Waals surface area contributed by atoms with E-state index >= 15 is 0 Å². The van der Waals surface area contributed by atoms with Gasteiger partial charge in [-0.3, -0.25) is 0 Å². The largest absolute Gasteiger partial charge is 0.0884 e. The van der Waals surface area contributed by atoms with Crippen molar-refractivity contribution in [3.8, 4) is 0 Å². The fraction of sp³-hybridized carbons (Fsp3) is 0. The van der Waals surface area contributed by atoms with Crippen molar-refractivity contribution >= 4 is 64.8 Å². The highest BCUT2D eigenvalue weighted by atomic mass is 33.1. The maximum atomic E-state index is 5.34. The molecule has 0 amide bonds. The molecule has 6 heteroatoms. The number of hydrogen-bond donors (Lipinski definition) is 0. The first kappa shape index (κ1) is 9.61. The first-order valence-corrected chi connectivity index (χ1v) is 9.19. The highest BCUT2D eigenvalue weighted by molar-refractivity contribution is 8.64. The van der Waals surface area contributed by atoms with Gasteiger partial charge in [-0.25, -0.2) is 0 Å². The van der Waals surface area contributed by atoms with Crippen molar-refractivity contribution in [1.82, 2.24) is 0 Å². The molecule has 0 unspecified atom stereocenters. The van der Waals surface area contributed by atoms with Gasteiger partial charge in [-0.1, -0.05) is 35.3 Å². The van der Waals surface area contributed by atoms with Crippen molar-refractivity contribution in [2.75, 3.05) is 0 Å². The number of hydrogen-bond acceptors (Lipinski definition) is 5. The van der Waals surface area contributed by atoms with E-state index < -0.39 is 7.15 Å². The second-order valence-electron chi connectivity index (χ2n) is 2.02. The van der Waals surface area contributed by atoms with E-state index in [1.807, 2.05) is 10.8 Å². The van der Waals surface area contributed by atoms with Gasteiger partial charge in [0, 0.05) is 0 Å². The quantitative estimate of drug-likeness (QED) is 0.659. The third-order valence-corrected chi connectivity index (χ3v) is 9.34. The molecule has 0 N–H and O–H groups in total. The summed E-state index contributed by atoms with van der Waals surface area (Å²) in [7, 11) is -1.42. The summed E-state index contributed by atoms with van der Waals surface area (Å²) in [6, 6.07) is 0. The molecular formula is C6H4S6. The van der Waals surface area contributed by atoms with Crippen LogP contribution in [-0.4, -0.2) is 0 Å². The van der Waals surface area contributed by atoms with Crippen LogP contribution in [0, 0.1) is 0 Å². The molecule has 0 aliphatic carbocycles. The van der Waals surface area contributed by atoms with Crippen LogP contribution < -0.4 is 0 Å². The molecule has 12 heavy (non-hydrogen) atoms. The summed E-state index contributed by atoms with van der Waals surface area (Å²) in [5, 5.41) is 8.17. The Bertz CT molecular complexity index is 372. The van der Waals surface area contributed by atoms with E-state index in [1.165, 1.54) is 8.47 Å². The topological polar surface area (TPSA) is 0 Å². The maximum Gasteiger partial charge on any atom is 0.0774 e. The summed E-state index contributed by atoms with van der Waals surface area (Å²) >= 11 is 15.8. The molecule has 0 saturated carbocycles. The molecule has 0 spiro atoms. The molecule has 2 heterocycles. The molecule has 2 aliphatic heterocycles. The average molecular weight is 268 g/mol. The van der Waals surface area contributed by atoms with Gasteiger partial charge in [-0.05, 0) is 51.2 Å². The molecule has 2 rings (SSSR count). The SMILES string of the molecule is S=S1(=S)C=CSC1=C1SC=CS1. The van der Waals surface area contributed by atoms with E-state index in [2.05, 4.69) is 10.8 Å². The second kappa shape index (κ2) is 3.67. The van der Waals surface area contributed by atoms with Crippen LogP contribution in [0.3, 0.4) is 0 Å². The van der Waals surface area contributed by atoms with Crippen LogP contribution >= 0.6 is 35.3 Å². The fourth-order valence-corrected chi connectivity index (χ4v) is 8.76. The monoisotopic (exact) mass is 268 g/mol. The van der Waals surface area contributed by atoms with Crippen molar-refractivity contribution < 1.29 is 0 Å².